The van der Waals surface area contributed by atoms with E-state index in [1.54, 1.807) is 0 Å². The number of ether oxygens (including phenoxy) is 2. The normalized spacial score (nSPS) is 27.2. The third kappa shape index (κ3) is 1.68. The lowest BCUT2D eigenvalue weighted by molar-refractivity contribution is 0.174. The molecule has 0 fully saturated rings. The van der Waals surface area contributed by atoms with Gasteiger partial charge in [-0.3, -0.25) is 0 Å². The second-order valence-electron chi connectivity index (χ2n) is 6.18. The van der Waals surface area contributed by atoms with Crippen LogP contribution in [0.15, 0.2) is 54.6 Å². The first-order valence-corrected chi connectivity index (χ1v) is 7.82. The second-order valence-corrected chi connectivity index (χ2v) is 6.18. The molecule has 1 N–H and O–H groups in total. The van der Waals surface area contributed by atoms with Crippen molar-refractivity contribution in [1.29, 1.82) is 0 Å². The number of allylic oxidation sites excluding steroid dienone is 2. The molecule has 3 nitrogen and oxygen atoms in total. The summed E-state index contributed by atoms with van der Waals surface area (Å²) in [5.41, 5.74) is 3.94. The minimum atomic E-state index is 0.310. The number of anilines is 1. The van der Waals surface area contributed by atoms with Crippen LogP contribution in [0.1, 0.15) is 29.5 Å². The lowest BCUT2D eigenvalue weighted by Gasteiger charge is -2.37. The molecular weight excluding hydrogens is 274 g/mol. The summed E-state index contributed by atoms with van der Waals surface area (Å²) >= 11 is 0. The van der Waals surface area contributed by atoms with Crippen molar-refractivity contribution >= 4 is 5.69 Å². The third-order valence-corrected chi connectivity index (χ3v) is 5.03. The van der Waals surface area contributed by atoms with E-state index in [1.165, 1.54) is 16.8 Å². The molecule has 2 aromatic rings. The monoisotopic (exact) mass is 291 g/mol. The molecule has 0 aromatic heterocycles. The molecule has 3 heteroatoms. The van der Waals surface area contributed by atoms with Gasteiger partial charge in [0.15, 0.2) is 11.5 Å². The van der Waals surface area contributed by atoms with Gasteiger partial charge in [-0.15, -0.1) is 0 Å². The first-order valence-electron chi connectivity index (χ1n) is 7.82. The minimum Gasteiger partial charge on any atom is -0.454 e. The van der Waals surface area contributed by atoms with E-state index in [9.17, 15) is 0 Å². The van der Waals surface area contributed by atoms with Crippen LogP contribution in [0.4, 0.5) is 5.69 Å². The zero-order valence-electron chi connectivity index (χ0n) is 12.2. The molecule has 0 radical (unpaired) electrons. The van der Waals surface area contributed by atoms with Crippen molar-refractivity contribution < 1.29 is 9.47 Å². The summed E-state index contributed by atoms with van der Waals surface area (Å²) in [5.74, 6) is 2.78. The van der Waals surface area contributed by atoms with Crippen molar-refractivity contribution in [3.05, 3.63) is 65.7 Å². The van der Waals surface area contributed by atoms with Gasteiger partial charge >= 0.3 is 0 Å². The van der Waals surface area contributed by atoms with E-state index in [1.807, 2.05) is 6.07 Å². The van der Waals surface area contributed by atoms with Gasteiger partial charge in [0.05, 0.1) is 6.04 Å². The number of hydrogen-bond donors (Lipinski definition) is 1. The Morgan fingerprint density at radius 2 is 1.91 bits per heavy atom. The van der Waals surface area contributed by atoms with Gasteiger partial charge in [-0.25, -0.2) is 0 Å². The zero-order chi connectivity index (χ0) is 14.5. The molecular formula is C19H17NO2. The average molecular weight is 291 g/mol. The molecule has 0 spiro atoms. The lowest BCUT2D eigenvalue weighted by atomic mass is 9.77. The van der Waals surface area contributed by atoms with E-state index < -0.39 is 0 Å². The quantitative estimate of drug-likeness (QED) is 0.797. The molecule has 22 heavy (non-hydrogen) atoms. The lowest BCUT2D eigenvalue weighted by Crippen LogP contribution is -2.28. The Balaban J connectivity index is 1.58. The zero-order valence-corrected chi connectivity index (χ0v) is 12.2. The van der Waals surface area contributed by atoms with Crippen LogP contribution < -0.4 is 14.8 Å². The van der Waals surface area contributed by atoms with Crippen LogP contribution in [0.3, 0.4) is 0 Å². The fourth-order valence-corrected chi connectivity index (χ4v) is 3.98. The van der Waals surface area contributed by atoms with Gasteiger partial charge in [0.2, 0.25) is 6.79 Å². The Morgan fingerprint density at radius 3 is 2.91 bits per heavy atom. The molecule has 0 saturated carbocycles. The van der Waals surface area contributed by atoms with Crippen LogP contribution >= 0.6 is 0 Å². The SMILES string of the molecule is C1=C[C@H]2c3ccccc3N[C@@H](c3ccc4c(c3)OCO4)[C@H]2C1. The standard InChI is InChI=1S/C19H17NO2/c1-2-7-16-14(4-1)13-5-3-6-15(13)19(20-16)12-8-9-17-18(10-12)22-11-21-17/h1-5,7-10,13,15,19-20H,6,11H2/t13-,15-,19-/m0/s1. The van der Waals surface area contributed by atoms with Crippen molar-refractivity contribution in [2.45, 2.75) is 18.4 Å². The smallest absolute Gasteiger partial charge is 0.231 e. The predicted molar refractivity (Wildman–Crippen MR) is 85.4 cm³/mol. The summed E-state index contributed by atoms with van der Waals surface area (Å²) in [4.78, 5) is 0. The van der Waals surface area contributed by atoms with Gasteiger partial charge in [0, 0.05) is 11.6 Å². The molecule has 2 aliphatic heterocycles. The summed E-state index contributed by atoms with van der Waals surface area (Å²) in [6, 6.07) is 15.3. The molecule has 0 bridgehead atoms. The molecule has 0 unspecified atom stereocenters. The molecule has 2 heterocycles. The van der Waals surface area contributed by atoms with Gasteiger partial charge in [0.1, 0.15) is 0 Å². The summed E-state index contributed by atoms with van der Waals surface area (Å²) in [6.45, 7) is 0.327. The first kappa shape index (κ1) is 12.2. The predicted octanol–water partition coefficient (Wildman–Crippen LogP) is 4.24. The molecule has 110 valence electrons. The van der Waals surface area contributed by atoms with Crippen molar-refractivity contribution in [2.75, 3.05) is 12.1 Å². The van der Waals surface area contributed by atoms with Gasteiger partial charge in [-0.1, -0.05) is 36.4 Å². The highest BCUT2D eigenvalue weighted by Gasteiger charge is 2.38. The van der Waals surface area contributed by atoms with E-state index in [0.29, 0.717) is 24.7 Å². The van der Waals surface area contributed by atoms with Gasteiger partial charge in [-0.05, 0) is 41.7 Å². The van der Waals surface area contributed by atoms with Crippen LogP contribution in [0.5, 0.6) is 11.5 Å². The summed E-state index contributed by atoms with van der Waals surface area (Å²) in [6.07, 6.45) is 5.80. The second kappa shape index (κ2) is 4.54. The van der Waals surface area contributed by atoms with Crippen LogP contribution in [0.2, 0.25) is 0 Å². The molecule has 2 aromatic carbocycles. The average Bonchev–Trinajstić information content (AvgIpc) is 3.22. The number of nitrogens with one attached hydrogen (secondary N) is 1. The van der Waals surface area contributed by atoms with E-state index in [2.05, 4.69) is 53.9 Å². The van der Waals surface area contributed by atoms with Crippen molar-refractivity contribution in [2.24, 2.45) is 5.92 Å². The number of para-hydroxylation sites is 1. The maximum absolute atomic E-state index is 5.55. The molecule has 1 aliphatic carbocycles. The molecule has 0 amide bonds. The maximum atomic E-state index is 5.55. The minimum absolute atomic E-state index is 0.310. The Hall–Kier alpha value is -2.42. The van der Waals surface area contributed by atoms with E-state index >= 15 is 0 Å². The van der Waals surface area contributed by atoms with Crippen molar-refractivity contribution in [3.8, 4) is 11.5 Å². The van der Waals surface area contributed by atoms with Crippen LogP contribution in [-0.2, 0) is 0 Å². The molecule has 0 saturated heterocycles. The Bertz CT molecular complexity index is 768. The number of hydrogen-bond acceptors (Lipinski definition) is 3. The number of fused-ring (bicyclic) bond motifs is 4. The Morgan fingerprint density at radius 1 is 1.00 bits per heavy atom. The molecule has 3 atom stereocenters. The van der Waals surface area contributed by atoms with Crippen molar-refractivity contribution in [3.63, 3.8) is 0 Å². The van der Waals surface area contributed by atoms with Crippen LogP contribution in [0.25, 0.3) is 0 Å². The molecule has 3 aliphatic rings. The summed E-state index contributed by atoms with van der Waals surface area (Å²) in [5, 5.41) is 3.74. The van der Waals surface area contributed by atoms with E-state index in [4.69, 9.17) is 9.47 Å². The number of benzene rings is 2. The maximum Gasteiger partial charge on any atom is 0.231 e. The van der Waals surface area contributed by atoms with Gasteiger partial charge < -0.3 is 14.8 Å². The highest BCUT2D eigenvalue weighted by atomic mass is 16.7. The summed E-state index contributed by atoms with van der Waals surface area (Å²) in [7, 11) is 0. The Labute approximate surface area is 129 Å². The highest BCUT2D eigenvalue weighted by molar-refractivity contribution is 5.60. The van der Waals surface area contributed by atoms with E-state index in [0.717, 1.165) is 17.9 Å². The fourth-order valence-electron chi connectivity index (χ4n) is 3.98. The van der Waals surface area contributed by atoms with E-state index in [-0.39, 0.29) is 0 Å². The van der Waals surface area contributed by atoms with Crippen LogP contribution in [-0.4, -0.2) is 6.79 Å². The van der Waals surface area contributed by atoms with Crippen LogP contribution in [0, 0.1) is 5.92 Å². The van der Waals surface area contributed by atoms with Gasteiger partial charge in [-0.2, -0.15) is 0 Å². The summed E-state index contributed by atoms with van der Waals surface area (Å²) < 4.78 is 11.0. The topological polar surface area (TPSA) is 30.5 Å². The Kier molecular flexibility index (Phi) is 2.51. The fraction of sp³-hybridized carbons (Fsp3) is 0.263. The molecule has 5 rings (SSSR count). The van der Waals surface area contributed by atoms with Crippen molar-refractivity contribution in [1.82, 2.24) is 0 Å². The van der Waals surface area contributed by atoms with Gasteiger partial charge in [0.25, 0.3) is 0 Å². The number of rotatable bonds is 1. The largest absolute Gasteiger partial charge is 0.454 e. The first-order chi connectivity index (χ1) is 10.9. The third-order valence-electron chi connectivity index (χ3n) is 5.03. The highest BCUT2D eigenvalue weighted by Crippen LogP contribution is 2.50.